The predicted molar refractivity (Wildman–Crippen MR) is 151 cm³/mol. The number of rotatable bonds is 4. The molecule has 0 unspecified atom stereocenters. The molecule has 2 heterocycles. The standard InChI is InChI=1S/C28H18Cl2N2O4S/c1-15-6-7-16(19-12-17-4-2-3-5-23(17)36-27(19)34)14-22(15)31-28(37)32-26(33)25-11-10-24(35-25)18-8-9-20(29)21(30)13-18/h2-14H,1H3,(H2,31,32,33,37). The number of halogens is 2. The molecule has 0 saturated heterocycles. The second-order valence-electron chi connectivity index (χ2n) is 8.22. The number of aryl methyl sites for hydroxylation is 1. The summed E-state index contributed by atoms with van der Waals surface area (Å²) in [5, 5.41) is 7.33. The molecule has 37 heavy (non-hydrogen) atoms. The van der Waals surface area contributed by atoms with Crippen molar-refractivity contribution in [3.8, 4) is 22.5 Å². The van der Waals surface area contributed by atoms with Gasteiger partial charge in [0.15, 0.2) is 10.9 Å². The van der Waals surface area contributed by atoms with Crippen molar-refractivity contribution in [1.29, 1.82) is 0 Å². The summed E-state index contributed by atoms with van der Waals surface area (Å²) in [6.45, 7) is 1.88. The van der Waals surface area contributed by atoms with Gasteiger partial charge >= 0.3 is 5.63 Å². The molecular formula is C28H18Cl2N2O4S. The van der Waals surface area contributed by atoms with Crippen LogP contribution in [0.1, 0.15) is 16.1 Å². The molecule has 0 aliphatic carbocycles. The molecule has 0 aliphatic heterocycles. The van der Waals surface area contributed by atoms with Crippen molar-refractivity contribution in [2.24, 2.45) is 0 Å². The number of anilines is 1. The van der Waals surface area contributed by atoms with Crippen molar-refractivity contribution < 1.29 is 13.6 Å². The van der Waals surface area contributed by atoms with Gasteiger partial charge in [0.2, 0.25) is 0 Å². The van der Waals surface area contributed by atoms with E-state index in [4.69, 9.17) is 44.3 Å². The number of furan rings is 1. The van der Waals surface area contributed by atoms with Crippen LogP contribution >= 0.6 is 35.4 Å². The van der Waals surface area contributed by atoms with Crippen molar-refractivity contribution in [2.75, 3.05) is 5.32 Å². The molecule has 2 N–H and O–H groups in total. The number of hydrogen-bond acceptors (Lipinski definition) is 5. The number of hydrogen-bond donors (Lipinski definition) is 2. The Hall–Kier alpha value is -3.91. The van der Waals surface area contributed by atoms with Gasteiger partial charge < -0.3 is 14.2 Å². The lowest BCUT2D eigenvalue weighted by Gasteiger charge is -2.13. The molecule has 0 aliphatic rings. The van der Waals surface area contributed by atoms with Crippen LogP contribution in [0.2, 0.25) is 10.0 Å². The minimum Gasteiger partial charge on any atom is -0.451 e. The molecule has 3 aromatic carbocycles. The second kappa shape index (κ2) is 10.2. The predicted octanol–water partition coefficient (Wildman–Crippen LogP) is 7.46. The monoisotopic (exact) mass is 548 g/mol. The Morgan fingerprint density at radius 3 is 2.46 bits per heavy atom. The Morgan fingerprint density at radius 2 is 1.65 bits per heavy atom. The molecule has 0 radical (unpaired) electrons. The van der Waals surface area contributed by atoms with Gasteiger partial charge in [0.05, 0.1) is 15.6 Å². The van der Waals surface area contributed by atoms with Crippen LogP contribution in [0.25, 0.3) is 33.4 Å². The molecule has 0 bridgehead atoms. The number of para-hydroxylation sites is 1. The fourth-order valence-electron chi connectivity index (χ4n) is 3.77. The van der Waals surface area contributed by atoms with Crippen LogP contribution < -0.4 is 16.3 Å². The van der Waals surface area contributed by atoms with E-state index in [0.29, 0.717) is 43.8 Å². The lowest BCUT2D eigenvalue weighted by molar-refractivity contribution is 0.0951. The summed E-state index contributed by atoms with van der Waals surface area (Å²) < 4.78 is 11.1. The third-order valence-electron chi connectivity index (χ3n) is 5.70. The second-order valence-corrected chi connectivity index (χ2v) is 9.44. The minimum absolute atomic E-state index is 0.0725. The number of nitrogens with one attached hydrogen (secondary N) is 2. The van der Waals surface area contributed by atoms with Gasteiger partial charge in [-0.25, -0.2) is 4.79 Å². The average molecular weight is 549 g/mol. The Morgan fingerprint density at radius 1 is 0.865 bits per heavy atom. The fourth-order valence-corrected chi connectivity index (χ4v) is 4.27. The Labute approximate surface area is 226 Å². The molecule has 0 atom stereocenters. The molecule has 1 amide bonds. The zero-order chi connectivity index (χ0) is 26.1. The Balaban J connectivity index is 1.32. The smallest absolute Gasteiger partial charge is 0.344 e. The summed E-state index contributed by atoms with van der Waals surface area (Å²) in [6.07, 6.45) is 0. The summed E-state index contributed by atoms with van der Waals surface area (Å²) in [6, 6.07) is 22.8. The van der Waals surface area contributed by atoms with Gasteiger partial charge in [-0.05, 0) is 78.8 Å². The van der Waals surface area contributed by atoms with Crippen molar-refractivity contribution in [2.45, 2.75) is 6.92 Å². The van der Waals surface area contributed by atoms with E-state index < -0.39 is 11.5 Å². The lowest BCUT2D eigenvalue weighted by Crippen LogP contribution is -2.34. The number of benzene rings is 3. The summed E-state index contributed by atoms with van der Waals surface area (Å²) in [5.41, 5.74) is 3.32. The van der Waals surface area contributed by atoms with Crippen molar-refractivity contribution in [1.82, 2.24) is 5.32 Å². The molecular weight excluding hydrogens is 531 g/mol. The van der Waals surface area contributed by atoms with E-state index in [-0.39, 0.29) is 10.9 Å². The van der Waals surface area contributed by atoms with Gasteiger partial charge in [-0.1, -0.05) is 53.5 Å². The van der Waals surface area contributed by atoms with E-state index in [1.165, 1.54) is 0 Å². The van der Waals surface area contributed by atoms with Gasteiger partial charge in [0.25, 0.3) is 5.91 Å². The lowest BCUT2D eigenvalue weighted by atomic mass is 10.0. The fraction of sp³-hybridized carbons (Fsp3) is 0.0357. The van der Waals surface area contributed by atoms with Crippen molar-refractivity contribution >= 4 is 63.1 Å². The van der Waals surface area contributed by atoms with Crippen molar-refractivity contribution in [3.05, 3.63) is 111 Å². The molecule has 184 valence electrons. The summed E-state index contributed by atoms with van der Waals surface area (Å²) in [7, 11) is 0. The highest BCUT2D eigenvalue weighted by Crippen LogP contribution is 2.30. The third kappa shape index (κ3) is 5.29. The number of carbonyl (C=O) groups is 1. The molecule has 5 rings (SSSR count). The largest absolute Gasteiger partial charge is 0.451 e. The summed E-state index contributed by atoms with van der Waals surface area (Å²) >= 11 is 17.4. The molecule has 9 heteroatoms. The van der Waals surface area contributed by atoms with Gasteiger partial charge in [-0.2, -0.15) is 0 Å². The van der Waals surface area contributed by atoms with E-state index in [1.807, 2.05) is 37.3 Å². The summed E-state index contributed by atoms with van der Waals surface area (Å²) in [4.78, 5) is 25.3. The van der Waals surface area contributed by atoms with Crippen molar-refractivity contribution in [3.63, 3.8) is 0 Å². The van der Waals surface area contributed by atoms with E-state index >= 15 is 0 Å². The van der Waals surface area contributed by atoms with Crippen LogP contribution in [-0.2, 0) is 0 Å². The summed E-state index contributed by atoms with van der Waals surface area (Å²) in [5.74, 6) is 0.0117. The van der Waals surface area contributed by atoms with E-state index in [2.05, 4.69) is 10.6 Å². The molecule has 0 spiro atoms. The molecule has 6 nitrogen and oxygen atoms in total. The number of carbonyl (C=O) groups excluding carboxylic acids is 1. The first-order valence-electron chi connectivity index (χ1n) is 11.1. The van der Waals surface area contributed by atoms with Gasteiger partial charge in [-0.3, -0.25) is 10.1 Å². The third-order valence-corrected chi connectivity index (χ3v) is 6.64. The highest BCUT2D eigenvalue weighted by atomic mass is 35.5. The van der Waals surface area contributed by atoms with E-state index in [1.54, 1.807) is 48.5 Å². The average Bonchev–Trinajstić information content (AvgIpc) is 3.37. The zero-order valence-corrected chi connectivity index (χ0v) is 21.6. The maximum atomic E-state index is 12.7. The maximum Gasteiger partial charge on any atom is 0.344 e. The first-order valence-corrected chi connectivity index (χ1v) is 12.3. The van der Waals surface area contributed by atoms with Crippen LogP contribution in [0.4, 0.5) is 5.69 Å². The van der Waals surface area contributed by atoms with Gasteiger partial charge in [0.1, 0.15) is 11.3 Å². The molecule has 0 saturated carbocycles. The van der Waals surface area contributed by atoms with Gasteiger partial charge in [0, 0.05) is 16.6 Å². The number of amides is 1. The first-order chi connectivity index (χ1) is 17.8. The Bertz CT molecular complexity index is 1740. The quantitative estimate of drug-likeness (QED) is 0.179. The SMILES string of the molecule is Cc1ccc(-c2cc3ccccc3oc2=O)cc1NC(=S)NC(=O)c1ccc(-c2ccc(Cl)c(Cl)c2)o1. The van der Waals surface area contributed by atoms with Crippen LogP contribution in [0, 0.1) is 6.92 Å². The zero-order valence-electron chi connectivity index (χ0n) is 19.3. The van der Waals surface area contributed by atoms with Crippen LogP contribution in [0.3, 0.4) is 0 Å². The van der Waals surface area contributed by atoms with Crippen LogP contribution in [-0.4, -0.2) is 11.0 Å². The normalized spacial score (nSPS) is 10.9. The van der Waals surface area contributed by atoms with E-state index in [0.717, 1.165) is 10.9 Å². The molecule has 2 aromatic heterocycles. The minimum atomic E-state index is -0.521. The van der Waals surface area contributed by atoms with Gasteiger partial charge in [-0.15, -0.1) is 0 Å². The Kier molecular flexibility index (Phi) is 6.84. The highest BCUT2D eigenvalue weighted by Gasteiger charge is 2.16. The topological polar surface area (TPSA) is 84.5 Å². The maximum absolute atomic E-state index is 12.7. The van der Waals surface area contributed by atoms with Crippen LogP contribution in [0.5, 0.6) is 0 Å². The number of thiocarbonyl (C=S) groups is 1. The molecule has 0 fully saturated rings. The highest BCUT2D eigenvalue weighted by molar-refractivity contribution is 7.80. The first kappa shape index (κ1) is 24.8. The van der Waals surface area contributed by atoms with Crippen LogP contribution in [0.15, 0.2) is 92.5 Å². The number of fused-ring (bicyclic) bond motifs is 1. The van der Waals surface area contributed by atoms with E-state index in [9.17, 15) is 9.59 Å². The molecule has 5 aromatic rings.